The van der Waals surface area contributed by atoms with E-state index in [1.807, 2.05) is 39.0 Å². The fourth-order valence-electron chi connectivity index (χ4n) is 2.68. The molecule has 1 aromatic carbocycles. The van der Waals surface area contributed by atoms with Gasteiger partial charge in [0.05, 0.1) is 0 Å². The number of likely N-dealkylation sites (tertiary alicyclic amines) is 1. The van der Waals surface area contributed by atoms with Gasteiger partial charge in [0.25, 0.3) is 0 Å². The predicted octanol–water partition coefficient (Wildman–Crippen LogP) is 2.81. The van der Waals surface area contributed by atoms with E-state index in [1.54, 1.807) is 4.90 Å². The molecule has 0 saturated carbocycles. The second-order valence-electron chi connectivity index (χ2n) is 6.83. The Morgan fingerprint density at radius 3 is 2.67 bits per heavy atom. The molecule has 1 aliphatic rings. The molecule has 4 heteroatoms. The van der Waals surface area contributed by atoms with Crippen molar-refractivity contribution in [3.63, 3.8) is 0 Å². The van der Waals surface area contributed by atoms with Crippen molar-refractivity contribution in [1.29, 1.82) is 0 Å². The van der Waals surface area contributed by atoms with E-state index < -0.39 is 5.60 Å². The molecular formula is C17H26N2O2. The number of amides is 1. The van der Waals surface area contributed by atoms with Crippen LogP contribution in [0.3, 0.4) is 0 Å². The summed E-state index contributed by atoms with van der Waals surface area (Å²) in [5.74, 6) is 0.345. The number of hydrogen-bond acceptors (Lipinski definition) is 3. The molecule has 0 aromatic heterocycles. The summed E-state index contributed by atoms with van der Waals surface area (Å²) in [4.78, 5) is 13.8. The van der Waals surface area contributed by atoms with Gasteiger partial charge in [0.15, 0.2) is 0 Å². The molecule has 1 fully saturated rings. The SMILES string of the molecule is CC(C)(C)OC(=O)N1CCC(C(N)Cc2ccccc2)C1. The molecule has 0 aliphatic carbocycles. The van der Waals surface area contributed by atoms with Crippen molar-refractivity contribution in [3.05, 3.63) is 35.9 Å². The summed E-state index contributed by atoms with van der Waals surface area (Å²) in [5, 5.41) is 0. The Hall–Kier alpha value is -1.55. The molecule has 1 heterocycles. The van der Waals surface area contributed by atoms with Crippen molar-refractivity contribution in [2.24, 2.45) is 11.7 Å². The van der Waals surface area contributed by atoms with Crippen LogP contribution in [0.25, 0.3) is 0 Å². The van der Waals surface area contributed by atoms with Crippen LogP contribution in [-0.2, 0) is 11.2 Å². The second-order valence-corrected chi connectivity index (χ2v) is 6.83. The van der Waals surface area contributed by atoms with E-state index in [4.69, 9.17) is 10.5 Å². The fraction of sp³-hybridized carbons (Fsp3) is 0.588. The number of nitrogens with zero attached hydrogens (tertiary/aromatic N) is 1. The summed E-state index contributed by atoms with van der Waals surface area (Å²) in [7, 11) is 0. The van der Waals surface area contributed by atoms with E-state index >= 15 is 0 Å². The largest absolute Gasteiger partial charge is 0.444 e. The van der Waals surface area contributed by atoms with Crippen LogP contribution in [-0.4, -0.2) is 35.7 Å². The van der Waals surface area contributed by atoms with E-state index in [-0.39, 0.29) is 12.1 Å². The van der Waals surface area contributed by atoms with E-state index in [9.17, 15) is 4.79 Å². The van der Waals surface area contributed by atoms with Crippen molar-refractivity contribution >= 4 is 6.09 Å². The van der Waals surface area contributed by atoms with Crippen LogP contribution in [0.15, 0.2) is 30.3 Å². The third-order valence-electron chi connectivity index (χ3n) is 3.80. The average Bonchev–Trinajstić information content (AvgIpc) is 2.87. The third kappa shape index (κ3) is 4.74. The summed E-state index contributed by atoms with van der Waals surface area (Å²) >= 11 is 0. The van der Waals surface area contributed by atoms with Crippen molar-refractivity contribution in [2.45, 2.75) is 45.3 Å². The van der Waals surface area contributed by atoms with Gasteiger partial charge in [0.2, 0.25) is 0 Å². The normalized spacial score (nSPS) is 20.4. The van der Waals surface area contributed by atoms with Gasteiger partial charge < -0.3 is 15.4 Å². The molecule has 2 rings (SSSR count). The smallest absolute Gasteiger partial charge is 0.410 e. The highest BCUT2D eigenvalue weighted by molar-refractivity contribution is 5.68. The van der Waals surface area contributed by atoms with Crippen LogP contribution in [0.1, 0.15) is 32.8 Å². The average molecular weight is 290 g/mol. The first-order valence-corrected chi connectivity index (χ1v) is 7.62. The van der Waals surface area contributed by atoms with Gasteiger partial charge in [-0.2, -0.15) is 0 Å². The minimum absolute atomic E-state index is 0.0832. The molecule has 116 valence electrons. The van der Waals surface area contributed by atoms with E-state index in [0.29, 0.717) is 12.5 Å². The molecule has 1 aromatic rings. The number of ether oxygens (including phenoxy) is 1. The molecule has 1 aliphatic heterocycles. The van der Waals surface area contributed by atoms with E-state index in [0.717, 1.165) is 19.4 Å². The Morgan fingerprint density at radius 1 is 1.38 bits per heavy atom. The van der Waals surface area contributed by atoms with Crippen LogP contribution in [0.4, 0.5) is 4.79 Å². The Kier molecular flexibility index (Phi) is 4.88. The van der Waals surface area contributed by atoms with Crippen LogP contribution in [0, 0.1) is 5.92 Å². The van der Waals surface area contributed by atoms with Crippen LogP contribution in [0.2, 0.25) is 0 Å². The summed E-state index contributed by atoms with van der Waals surface area (Å²) in [6.07, 6.45) is 1.58. The van der Waals surface area contributed by atoms with Gasteiger partial charge in [0, 0.05) is 19.1 Å². The maximum atomic E-state index is 12.1. The summed E-state index contributed by atoms with van der Waals surface area (Å²) in [5.41, 5.74) is 7.13. The number of benzene rings is 1. The lowest BCUT2D eigenvalue weighted by molar-refractivity contribution is 0.0286. The van der Waals surface area contributed by atoms with Crippen molar-refractivity contribution in [3.8, 4) is 0 Å². The highest BCUT2D eigenvalue weighted by Gasteiger charge is 2.32. The maximum Gasteiger partial charge on any atom is 0.410 e. The number of carbonyl (C=O) groups is 1. The highest BCUT2D eigenvalue weighted by atomic mass is 16.6. The first-order chi connectivity index (χ1) is 9.85. The first kappa shape index (κ1) is 15.8. The van der Waals surface area contributed by atoms with Gasteiger partial charge in [-0.3, -0.25) is 0 Å². The molecule has 2 unspecified atom stereocenters. The van der Waals surface area contributed by atoms with Gasteiger partial charge >= 0.3 is 6.09 Å². The zero-order valence-electron chi connectivity index (χ0n) is 13.2. The second kappa shape index (κ2) is 6.48. The molecular weight excluding hydrogens is 264 g/mol. The zero-order chi connectivity index (χ0) is 15.5. The van der Waals surface area contributed by atoms with E-state index in [1.165, 1.54) is 5.56 Å². The topological polar surface area (TPSA) is 55.6 Å². The monoisotopic (exact) mass is 290 g/mol. The minimum atomic E-state index is -0.443. The molecule has 1 saturated heterocycles. The highest BCUT2D eigenvalue weighted by Crippen LogP contribution is 2.23. The first-order valence-electron chi connectivity index (χ1n) is 7.62. The quantitative estimate of drug-likeness (QED) is 0.931. The molecule has 2 N–H and O–H groups in total. The fourth-order valence-corrected chi connectivity index (χ4v) is 2.68. The van der Waals surface area contributed by atoms with E-state index in [2.05, 4.69) is 12.1 Å². The molecule has 0 radical (unpaired) electrons. The van der Waals surface area contributed by atoms with Gasteiger partial charge in [-0.05, 0) is 45.1 Å². The standard InChI is InChI=1S/C17H26N2O2/c1-17(2,3)21-16(20)19-10-9-14(12-19)15(18)11-13-7-5-4-6-8-13/h4-8,14-15H,9-12,18H2,1-3H3. The van der Waals surface area contributed by atoms with Gasteiger partial charge in [0.1, 0.15) is 5.60 Å². The van der Waals surface area contributed by atoms with Crippen molar-refractivity contribution in [1.82, 2.24) is 4.90 Å². The Bertz CT molecular complexity index is 467. The van der Waals surface area contributed by atoms with Crippen molar-refractivity contribution < 1.29 is 9.53 Å². The van der Waals surface area contributed by atoms with Crippen LogP contribution >= 0.6 is 0 Å². The lowest BCUT2D eigenvalue weighted by atomic mass is 9.94. The van der Waals surface area contributed by atoms with Gasteiger partial charge in [-0.25, -0.2) is 4.79 Å². The summed E-state index contributed by atoms with van der Waals surface area (Å²) in [6.45, 7) is 7.10. The predicted molar refractivity (Wildman–Crippen MR) is 84.0 cm³/mol. The lowest BCUT2D eigenvalue weighted by Gasteiger charge is -2.25. The molecule has 1 amide bonds. The molecule has 4 nitrogen and oxygen atoms in total. The Morgan fingerprint density at radius 2 is 2.05 bits per heavy atom. The summed E-state index contributed by atoms with van der Waals surface area (Å²) < 4.78 is 5.41. The molecule has 0 bridgehead atoms. The number of carbonyl (C=O) groups excluding carboxylic acids is 1. The molecule has 21 heavy (non-hydrogen) atoms. The van der Waals surface area contributed by atoms with Crippen molar-refractivity contribution in [2.75, 3.05) is 13.1 Å². The summed E-state index contributed by atoms with van der Waals surface area (Å²) in [6, 6.07) is 10.4. The number of nitrogens with two attached hydrogens (primary N) is 1. The van der Waals surface area contributed by atoms with Crippen LogP contribution in [0.5, 0.6) is 0 Å². The Balaban J connectivity index is 1.86. The van der Waals surface area contributed by atoms with Crippen LogP contribution < -0.4 is 5.73 Å². The lowest BCUT2D eigenvalue weighted by Crippen LogP contribution is -2.38. The van der Waals surface area contributed by atoms with Gasteiger partial charge in [-0.1, -0.05) is 30.3 Å². The molecule has 0 spiro atoms. The zero-order valence-corrected chi connectivity index (χ0v) is 13.2. The number of hydrogen-bond donors (Lipinski definition) is 1. The molecule has 2 atom stereocenters. The maximum absolute atomic E-state index is 12.1. The third-order valence-corrected chi connectivity index (χ3v) is 3.80. The minimum Gasteiger partial charge on any atom is -0.444 e. The number of rotatable bonds is 3. The Labute approximate surface area is 127 Å². The van der Waals surface area contributed by atoms with Gasteiger partial charge in [-0.15, -0.1) is 0 Å².